The molecule has 2 aliphatic rings. The van der Waals surface area contributed by atoms with Gasteiger partial charge in [0.2, 0.25) is 0 Å². The van der Waals surface area contributed by atoms with Crippen LogP contribution >= 0.6 is 0 Å². The van der Waals surface area contributed by atoms with E-state index in [9.17, 15) is 0 Å². The zero-order chi connectivity index (χ0) is 8.60. The van der Waals surface area contributed by atoms with Crippen LogP contribution in [0.1, 0.15) is 39.5 Å². The highest BCUT2D eigenvalue weighted by molar-refractivity contribution is 5.26. The third-order valence-corrected chi connectivity index (χ3v) is 3.89. The minimum atomic E-state index is 0.572. The zero-order valence-electron chi connectivity index (χ0n) is 8.24. The fraction of sp³-hybridized carbons (Fsp3) is 0.818. The van der Waals surface area contributed by atoms with Gasteiger partial charge in [0.25, 0.3) is 0 Å². The first-order valence-electron chi connectivity index (χ1n) is 5.12. The van der Waals surface area contributed by atoms with E-state index in [-0.39, 0.29) is 0 Å². The Morgan fingerprint density at radius 3 is 2.58 bits per heavy atom. The summed E-state index contributed by atoms with van der Waals surface area (Å²) in [6.45, 7) is 7.11. The van der Waals surface area contributed by atoms with Crippen molar-refractivity contribution in [1.29, 1.82) is 0 Å². The Balaban J connectivity index is 2.21. The van der Waals surface area contributed by atoms with Gasteiger partial charge in [-0.15, -0.1) is 0 Å². The number of nitrogens with one attached hydrogen (secondary N) is 1. The average Bonchev–Trinajstić information content (AvgIpc) is 2.37. The Labute approximate surface area is 75.2 Å². The molecule has 1 spiro atoms. The van der Waals surface area contributed by atoms with Crippen molar-refractivity contribution in [3.8, 4) is 0 Å². The standard InChI is InChI=1S/C11H19N/c1-9-4-6-11(10(9)2)5-3-7-12-8-11/h12H,3-8H2,1-2H3. The molecule has 1 unspecified atom stereocenters. The molecular formula is C11H19N. The molecule has 68 valence electrons. The third kappa shape index (κ3) is 1.11. The van der Waals surface area contributed by atoms with Gasteiger partial charge in [-0.3, -0.25) is 0 Å². The van der Waals surface area contributed by atoms with Crippen molar-refractivity contribution in [2.75, 3.05) is 13.1 Å². The van der Waals surface area contributed by atoms with Crippen molar-refractivity contribution < 1.29 is 0 Å². The van der Waals surface area contributed by atoms with Crippen LogP contribution < -0.4 is 5.32 Å². The zero-order valence-corrected chi connectivity index (χ0v) is 8.24. The van der Waals surface area contributed by atoms with Crippen LogP contribution in [0.5, 0.6) is 0 Å². The normalized spacial score (nSPS) is 36.5. The summed E-state index contributed by atoms with van der Waals surface area (Å²) in [6.07, 6.45) is 5.53. The maximum Gasteiger partial charge on any atom is 0.00453 e. The van der Waals surface area contributed by atoms with Crippen LogP contribution in [0.3, 0.4) is 0 Å². The molecule has 1 aliphatic carbocycles. The molecule has 0 aromatic carbocycles. The smallest absolute Gasteiger partial charge is 0.00453 e. The number of hydrogen-bond donors (Lipinski definition) is 1. The lowest BCUT2D eigenvalue weighted by molar-refractivity contribution is 0.258. The lowest BCUT2D eigenvalue weighted by Crippen LogP contribution is -2.39. The predicted molar refractivity (Wildman–Crippen MR) is 52.1 cm³/mol. The summed E-state index contributed by atoms with van der Waals surface area (Å²) in [5, 5.41) is 3.53. The lowest BCUT2D eigenvalue weighted by Gasteiger charge is -2.35. The number of allylic oxidation sites excluding steroid dienone is 1. The Morgan fingerprint density at radius 2 is 2.08 bits per heavy atom. The van der Waals surface area contributed by atoms with Gasteiger partial charge in [0.15, 0.2) is 0 Å². The first kappa shape index (κ1) is 8.31. The van der Waals surface area contributed by atoms with E-state index in [0.717, 1.165) is 0 Å². The molecule has 1 atom stereocenters. The molecule has 0 bridgehead atoms. The summed E-state index contributed by atoms with van der Waals surface area (Å²) < 4.78 is 0. The topological polar surface area (TPSA) is 12.0 Å². The molecule has 1 aliphatic heterocycles. The SMILES string of the molecule is CC1=C(C)C2(CCCNC2)CC1. The van der Waals surface area contributed by atoms with Crippen LogP contribution in [0.2, 0.25) is 0 Å². The highest BCUT2D eigenvalue weighted by atomic mass is 14.9. The van der Waals surface area contributed by atoms with Gasteiger partial charge in [0.1, 0.15) is 0 Å². The molecular weight excluding hydrogens is 146 g/mol. The van der Waals surface area contributed by atoms with E-state index in [1.165, 1.54) is 38.8 Å². The van der Waals surface area contributed by atoms with E-state index in [2.05, 4.69) is 19.2 Å². The summed E-state index contributed by atoms with van der Waals surface area (Å²) in [4.78, 5) is 0. The molecule has 0 saturated carbocycles. The molecule has 1 nitrogen and oxygen atoms in total. The fourth-order valence-electron chi connectivity index (χ4n) is 2.76. The highest BCUT2D eigenvalue weighted by Crippen LogP contribution is 2.46. The van der Waals surface area contributed by atoms with Gasteiger partial charge in [0, 0.05) is 12.0 Å². The van der Waals surface area contributed by atoms with Crippen LogP contribution in [0, 0.1) is 5.41 Å². The lowest BCUT2D eigenvalue weighted by atomic mass is 9.75. The maximum absolute atomic E-state index is 3.53. The number of piperidine rings is 1. The van der Waals surface area contributed by atoms with Crippen LogP contribution in [0.25, 0.3) is 0 Å². The minimum Gasteiger partial charge on any atom is -0.316 e. The predicted octanol–water partition coefficient (Wildman–Crippen LogP) is 2.49. The van der Waals surface area contributed by atoms with Gasteiger partial charge < -0.3 is 5.32 Å². The van der Waals surface area contributed by atoms with Crippen molar-refractivity contribution in [1.82, 2.24) is 5.32 Å². The van der Waals surface area contributed by atoms with Crippen molar-refractivity contribution >= 4 is 0 Å². The second-order valence-electron chi connectivity index (χ2n) is 4.47. The molecule has 0 amide bonds. The second-order valence-corrected chi connectivity index (χ2v) is 4.47. The molecule has 1 fully saturated rings. The Morgan fingerprint density at radius 1 is 1.25 bits per heavy atom. The molecule has 2 rings (SSSR count). The first-order valence-corrected chi connectivity index (χ1v) is 5.12. The van der Waals surface area contributed by atoms with Crippen LogP contribution in [0.15, 0.2) is 11.1 Å². The van der Waals surface area contributed by atoms with Gasteiger partial charge >= 0.3 is 0 Å². The maximum atomic E-state index is 3.53. The van der Waals surface area contributed by atoms with E-state index >= 15 is 0 Å². The fourth-order valence-corrected chi connectivity index (χ4v) is 2.76. The van der Waals surface area contributed by atoms with Crippen molar-refractivity contribution in [3.05, 3.63) is 11.1 Å². The largest absolute Gasteiger partial charge is 0.316 e. The van der Waals surface area contributed by atoms with Gasteiger partial charge in [-0.05, 0) is 46.1 Å². The third-order valence-electron chi connectivity index (χ3n) is 3.89. The van der Waals surface area contributed by atoms with Crippen molar-refractivity contribution in [2.24, 2.45) is 5.41 Å². The Kier molecular flexibility index (Phi) is 1.99. The molecule has 0 aromatic heterocycles. The monoisotopic (exact) mass is 165 g/mol. The molecule has 12 heavy (non-hydrogen) atoms. The first-order chi connectivity index (χ1) is 5.75. The van der Waals surface area contributed by atoms with Crippen LogP contribution in [0.4, 0.5) is 0 Å². The quantitative estimate of drug-likeness (QED) is 0.544. The Hall–Kier alpha value is -0.300. The number of hydrogen-bond acceptors (Lipinski definition) is 1. The Bertz CT molecular complexity index is 209. The van der Waals surface area contributed by atoms with Crippen LogP contribution in [-0.2, 0) is 0 Å². The minimum absolute atomic E-state index is 0.572. The summed E-state index contributed by atoms with van der Waals surface area (Å²) in [5.74, 6) is 0. The second kappa shape index (κ2) is 2.88. The molecule has 0 radical (unpaired) electrons. The average molecular weight is 165 g/mol. The van der Waals surface area contributed by atoms with Gasteiger partial charge in [-0.2, -0.15) is 0 Å². The summed E-state index contributed by atoms with van der Waals surface area (Å²) in [7, 11) is 0. The van der Waals surface area contributed by atoms with E-state index in [1.807, 2.05) is 0 Å². The summed E-state index contributed by atoms with van der Waals surface area (Å²) in [5.41, 5.74) is 3.91. The summed E-state index contributed by atoms with van der Waals surface area (Å²) in [6, 6.07) is 0. The van der Waals surface area contributed by atoms with E-state index in [1.54, 1.807) is 11.1 Å². The van der Waals surface area contributed by atoms with E-state index < -0.39 is 0 Å². The van der Waals surface area contributed by atoms with Gasteiger partial charge in [0.05, 0.1) is 0 Å². The van der Waals surface area contributed by atoms with E-state index in [0.29, 0.717) is 5.41 Å². The van der Waals surface area contributed by atoms with Crippen LogP contribution in [-0.4, -0.2) is 13.1 Å². The van der Waals surface area contributed by atoms with Gasteiger partial charge in [-0.25, -0.2) is 0 Å². The molecule has 1 heteroatoms. The van der Waals surface area contributed by atoms with Crippen molar-refractivity contribution in [3.63, 3.8) is 0 Å². The molecule has 0 aromatic rings. The summed E-state index contributed by atoms with van der Waals surface area (Å²) >= 11 is 0. The van der Waals surface area contributed by atoms with Gasteiger partial charge in [-0.1, -0.05) is 11.1 Å². The highest BCUT2D eigenvalue weighted by Gasteiger charge is 2.37. The number of rotatable bonds is 0. The molecule has 1 N–H and O–H groups in total. The molecule has 1 saturated heterocycles. The van der Waals surface area contributed by atoms with E-state index in [4.69, 9.17) is 0 Å². The van der Waals surface area contributed by atoms with Crippen molar-refractivity contribution in [2.45, 2.75) is 39.5 Å². The molecule has 1 heterocycles.